The minimum absolute atomic E-state index is 0.00206. The molecule has 1 aromatic heterocycles. The molecule has 3 heterocycles. The number of hydrogen-bond donors (Lipinski definition) is 6. The monoisotopic (exact) mass is 638 g/mol. The standard InChI is InChI=1S/C29H34O16/c1-9-19(32)23(36)24(37)28(40-9)45-26-20(33)10(2)41-29(27(26)42-11(3)30)44-16-8-14-12(6-15(16)38-4)21(34)18-17(43-14)7-13(31)25(39-5)22(18)35/h6-10,19-20,23-24,26-29,31-33,35-37H,1-5H3/t9-,10-,19-,20-,23+,24+,26+,27+,28-,29-/m0/s1. The molecule has 45 heavy (non-hydrogen) atoms. The molecule has 2 aromatic carbocycles. The van der Waals surface area contributed by atoms with Gasteiger partial charge in [0.05, 0.1) is 31.8 Å². The Labute approximate surface area is 254 Å². The summed E-state index contributed by atoms with van der Waals surface area (Å²) in [4.78, 5) is 25.5. The van der Waals surface area contributed by atoms with Gasteiger partial charge in [0.15, 0.2) is 35.4 Å². The number of carbonyl (C=O) groups is 1. The Hall–Kier alpha value is -3.90. The second-order valence-electron chi connectivity index (χ2n) is 10.8. The van der Waals surface area contributed by atoms with E-state index in [2.05, 4.69) is 0 Å². The molecule has 0 unspecified atom stereocenters. The highest BCUT2D eigenvalue weighted by atomic mass is 16.7. The van der Waals surface area contributed by atoms with Crippen LogP contribution < -0.4 is 19.6 Å². The number of carbonyl (C=O) groups excluding carboxylic acids is 1. The number of aromatic hydroxyl groups is 2. The fourth-order valence-electron chi connectivity index (χ4n) is 5.38. The van der Waals surface area contributed by atoms with Gasteiger partial charge in [0.1, 0.15) is 47.1 Å². The highest BCUT2D eigenvalue weighted by molar-refractivity contribution is 5.96. The van der Waals surface area contributed by atoms with Crippen LogP contribution in [0.1, 0.15) is 20.8 Å². The average Bonchev–Trinajstić information content (AvgIpc) is 2.98. The molecule has 246 valence electrons. The second-order valence-corrected chi connectivity index (χ2v) is 10.8. The molecule has 0 amide bonds. The molecule has 6 N–H and O–H groups in total. The van der Waals surface area contributed by atoms with Crippen LogP contribution in [0.4, 0.5) is 0 Å². The molecule has 2 fully saturated rings. The van der Waals surface area contributed by atoms with Crippen molar-refractivity contribution in [2.75, 3.05) is 14.2 Å². The number of phenols is 2. The number of rotatable bonds is 7. The minimum atomic E-state index is -1.73. The third-order valence-electron chi connectivity index (χ3n) is 7.76. The van der Waals surface area contributed by atoms with Crippen LogP contribution in [0.5, 0.6) is 28.7 Å². The second kappa shape index (κ2) is 12.5. The lowest BCUT2D eigenvalue weighted by Gasteiger charge is -2.46. The Morgan fingerprint density at radius 2 is 1.47 bits per heavy atom. The average molecular weight is 639 g/mol. The van der Waals surface area contributed by atoms with Crippen LogP contribution in [-0.4, -0.2) is 112 Å². The molecular formula is C29H34O16. The molecule has 2 aliphatic rings. The zero-order valence-electron chi connectivity index (χ0n) is 24.8. The summed E-state index contributed by atoms with van der Waals surface area (Å²) in [6.07, 6.45) is -14.2. The molecule has 10 atom stereocenters. The van der Waals surface area contributed by atoms with Gasteiger partial charge in [-0.1, -0.05) is 0 Å². The Morgan fingerprint density at radius 3 is 2.11 bits per heavy atom. The molecule has 5 rings (SSSR count). The topological polar surface area (TPSA) is 233 Å². The highest BCUT2D eigenvalue weighted by Crippen LogP contribution is 2.43. The van der Waals surface area contributed by atoms with Crippen molar-refractivity contribution in [3.8, 4) is 28.7 Å². The largest absolute Gasteiger partial charge is 0.504 e. The van der Waals surface area contributed by atoms with E-state index in [1.165, 1.54) is 40.2 Å². The van der Waals surface area contributed by atoms with Gasteiger partial charge in [-0.2, -0.15) is 0 Å². The lowest BCUT2D eigenvalue weighted by Crippen LogP contribution is -2.64. The summed E-state index contributed by atoms with van der Waals surface area (Å²) in [5.74, 6) is -2.29. The predicted molar refractivity (Wildman–Crippen MR) is 150 cm³/mol. The molecule has 0 radical (unpaired) electrons. The maximum atomic E-state index is 13.4. The Bertz CT molecular complexity index is 1640. The molecule has 3 aromatic rings. The summed E-state index contributed by atoms with van der Waals surface area (Å²) < 4.78 is 44.9. The van der Waals surface area contributed by atoms with Crippen molar-refractivity contribution in [2.45, 2.75) is 82.2 Å². The number of benzene rings is 2. The SMILES string of the molecule is COc1cc2c(=O)c3c(O)c(OC)c(O)cc3oc2cc1O[C@@H]1O[C@@H](C)[C@H](O)[C@@H](O[C@@H]2O[C@@H](C)[C@H](O)[C@@H](O)[C@H]2O)[C@H]1OC(C)=O. The summed E-state index contributed by atoms with van der Waals surface area (Å²) in [5.41, 5.74) is -0.881. The zero-order chi connectivity index (χ0) is 32.9. The van der Waals surface area contributed by atoms with E-state index in [0.29, 0.717) is 0 Å². The molecule has 0 saturated carbocycles. The van der Waals surface area contributed by atoms with Crippen LogP contribution in [-0.2, 0) is 23.7 Å². The number of aliphatic hydroxyl groups excluding tert-OH is 4. The van der Waals surface area contributed by atoms with Gasteiger partial charge >= 0.3 is 5.97 Å². The smallest absolute Gasteiger partial charge is 0.303 e. The highest BCUT2D eigenvalue weighted by Gasteiger charge is 2.52. The quantitative estimate of drug-likeness (QED) is 0.148. The van der Waals surface area contributed by atoms with Crippen LogP contribution in [0.3, 0.4) is 0 Å². The molecule has 0 bridgehead atoms. The molecule has 16 heteroatoms. The number of hydrogen-bond acceptors (Lipinski definition) is 16. The van der Waals surface area contributed by atoms with E-state index in [4.69, 9.17) is 37.6 Å². The number of phenolic OH excluding ortho intramolecular Hbond substituents is 2. The van der Waals surface area contributed by atoms with Gasteiger partial charge in [-0.3, -0.25) is 9.59 Å². The van der Waals surface area contributed by atoms with E-state index < -0.39 is 84.3 Å². The van der Waals surface area contributed by atoms with Gasteiger partial charge in [0.25, 0.3) is 0 Å². The maximum Gasteiger partial charge on any atom is 0.303 e. The van der Waals surface area contributed by atoms with E-state index in [9.17, 15) is 40.2 Å². The van der Waals surface area contributed by atoms with Crippen molar-refractivity contribution < 1.29 is 73.0 Å². The van der Waals surface area contributed by atoms with Gasteiger partial charge in [0, 0.05) is 19.1 Å². The van der Waals surface area contributed by atoms with Gasteiger partial charge in [-0.05, 0) is 19.9 Å². The summed E-state index contributed by atoms with van der Waals surface area (Å²) in [7, 11) is 2.50. The van der Waals surface area contributed by atoms with Crippen molar-refractivity contribution >= 4 is 27.9 Å². The third kappa shape index (κ3) is 5.81. The Balaban J connectivity index is 1.54. The van der Waals surface area contributed by atoms with Crippen molar-refractivity contribution in [3.05, 3.63) is 28.4 Å². The third-order valence-corrected chi connectivity index (χ3v) is 7.76. The fourth-order valence-corrected chi connectivity index (χ4v) is 5.38. The molecule has 0 aliphatic carbocycles. The number of esters is 1. The van der Waals surface area contributed by atoms with E-state index in [-0.39, 0.29) is 39.2 Å². The molecule has 2 saturated heterocycles. The van der Waals surface area contributed by atoms with Crippen LogP contribution >= 0.6 is 0 Å². The van der Waals surface area contributed by atoms with E-state index in [1.54, 1.807) is 0 Å². The number of methoxy groups -OCH3 is 2. The zero-order valence-corrected chi connectivity index (χ0v) is 24.8. The number of ether oxygens (including phenoxy) is 7. The van der Waals surface area contributed by atoms with E-state index in [0.717, 1.165) is 13.0 Å². The van der Waals surface area contributed by atoms with Crippen LogP contribution in [0.25, 0.3) is 21.9 Å². The van der Waals surface area contributed by atoms with Gasteiger partial charge in [-0.25, -0.2) is 0 Å². The maximum absolute atomic E-state index is 13.4. The van der Waals surface area contributed by atoms with Crippen LogP contribution in [0, 0.1) is 0 Å². The van der Waals surface area contributed by atoms with Gasteiger partial charge in [-0.15, -0.1) is 0 Å². The van der Waals surface area contributed by atoms with Crippen LogP contribution in [0.15, 0.2) is 27.4 Å². The van der Waals surface area contributed by atoms with Crippen molar-refractivity contribution in [1.82, 2.24) is 0 Å². The van der Waals surface area contributed by atoms with Crippen LogP contribution in [0.2, 0.25) is 0 Å². The summed E-state index contributed by atoms with van der Waals surface area (Å²) in [6, 6.07) is 3.66. The molecular weight excluding hydrogens is 604 g/mol. The Morgan fingerprint density at radius 1 is 0.800 bits per heavy atom. The van der Waals surface area contributed by atoms with E-state index >= 15 is 0 Å². The van der Waals surface area contributed by atoms with Crippen molar-refractivity contribution in [3.63, 3.8) is 0 Å². The first-order chi connectivity index (χ1) is 21.3. The summed E-state index contributed by atoms with van der Waals surface area (Å²) >= 11 is 0. The number of fused-ring (bicyclic) bond motifs is 2. The first-order valence-corrected chi connectivity index (χ1v) is 13.9. The van der Waals surface area contributed by atoms with Crippen molar-refractivity contribution in [2.24, 2.45) is 0 Å². The lowest BCUT2D eigenvalue weighted by molar-refractivity contribution is -0.347. The minimum Gasteiger partial charge on any atom is -0.504 e. The predicted octanol–water partition coefficient (Wildman–Crippen LogP) is 0.00350. The molecule has 16 nitrogen and oxygen atoms in total. The first-order valence-electron chi connectivity index (χ1n) is 13.9. The van der Waals surface area contributed by atoms with Gasteiger partial charge < -0.3 is 68.2 Å². The number of aliphatic hydroxyl groups is 4. The summed E-state index contributed by atoms with van der Waals surface area (Å²) in [5, 5.41) is 62.3. The molecule has 2 aliphatic heterocycles. The van der Waals surface area contributed by atoms with Gasteiger partial charge in [0.2, 0.25) is 17.5 Å². The van der Waals surface area contributed by atoms with E-state index in [1.807, 2.05) is 0 Å². The molecule has 0 spiro atoms. The van der Waals surface area contributed by atoms with Crippen molar-refractivity contribution in [1.29, 1.82) is 0 Å². The lowest BCUT2D eigenvalue weighted by atomic mass is 9.97. The Kier molecular flexibility index (Phi) is 9.01. The first kappa shape index (κ1) is 32.5. The fraction of sp³-hybridized carbons (Fsp3) is 0.517. The normalized spacial score (nSPS) is 31.9. The summed E-state index contributed by atoms with van der Waals surface area (Å²) in [6.45, 7) is 4.03.